The molecule has 0 aromatic heterocycles. The number of hydrogen-bond acceptors (Lipinski definition) is 2. The molecule has 2 unspecified atom stereocenters. The number of ether oxygens (including phenoxy) is 1. The lowest BCUT2D eigenvalue weighted by molar-refractivity contribution is 0.287. The van der Waals surface area contributed by atoms with Crippen LogP contribution in [0.4, 0.5) is 0 Å². The molecule has 0 bridgehead atoms. The second-order valence-electron chi connectivity index (χ2n) is 5.25. The molecule has 1 aromatic rings. The Morgan fingerprint density at radius 3 is 2.42 bits per heavy atom. The predicted octanol–water partition coefficient (Wildman–Crippen LogP) is 4.79. The number of nitrogens with one attached hydrogen (secondary N) is 1. The van der Waals surface area contributed by atoms with E-state index in [-0.39, 0.29) is 0 Å². The zero-order valence-corrected chi connectivity index (χ0v) is 14.3. The third-order valence-electron chi connectivity index (χ3n) is 3.61. The Hall–Kier alpha value is -0.540. The van der Waals surface area contributed by atoms with Crippen LogP contribution < -0.4 is 10.1 Å². The summed E-state index contributed by atoms with van der Waals surface area (Å²) in [6.07, 6.45) is 0. The van der Waals surface area contributed by atoms with Gasteiger partial charge in [-0.2, -0.15) is 0 Å². The van der Waals surface area contributed by atoms with Crippen molar-refractivity contribution in [2.45, 2.75) is 40.7 Å². The molecule has 0 heterocycles. The lowest BCUT2D eigenvalue weighted by atomic mass is 9.85. The zero-order valence-electron chi connectivity index (χ0n) is 12.7. The van der Waals surface area contributed by atoms with Gasteiger partial charge >= 0.3 is 0 Å². The van der Waals surface area contributed by atoms with Gasteiger partial charge in [-0.25, -0.2) is 0 Å². The molecule has 1 rings (SSSR count). The van der Waals surface area contributed by atoms with Gasteiger partial charge in [-0.3, -0.25) is 0 Å². The van der Waals surface area contributed by atoms with Gasteiger partial charge in [0, 0.05) is 16.1 Å². The van der Waals surface area contributed by atoms with Crippen LogP contribution in [0, 0.1) is 11.8 Å². The van der Waals surface area contributed by atoms with Gasteiger partial charge in [0.2, 0.25) is 0 Å². The smallest absolute Gasteiger partial charge is 0.124 e. The molecule has 0 saturated heterocycles. The average molecular weight is 328 g/mol. The molecule has 2 atom stereocenters. The van der Waals surface area contributed by atoms with E-state index in [1.54, 1.807) is 0 Å². The lowest BCUT2D eigenvalue weighted by Crippen LogP contribution is -2.30. The van der Waals surface area contributed by atoms with Gasteiger partial charge in [0.25, 0.3) is 0 Å². The summed E-state index contributed by atoms with van der Waals surface area (Å²) in [5.41, 5.74) is 1.25. The minimum Gasteiger partial charge on any atom is -0.494 e. The highest BCUT2D eigenvalue weighted by Gasteiger charge is 2.24. The fourth-order valence-electron chi connectivity index (χ4n) is 2.23. The summed E-state index contributed by atoms with van der Waals surface area (Å²) >= 11 is 3.57. The predicted molar refractivity (Wildman–Crippen MR) is 85.7 cm³/mol. The quantitative estimate of drug-likeness (QED) is 0.777. The molecule has 0 spiro atoms. The zero-order chi connectivity index (χ0) is 14.4. The number of benzene rings is 1. The van der Waals surface area contributed by atoms with Crippen LogP contribution in [-0.2, 0) is 0 Å². The van der Waals surface area contributed by atoms with Gasteiger partial charge in [0.05, 0.1) is 6.61 Å². The van der Waals surface area contributed by atoms with Crippen LogP contribution >= 0.6 is 15.9 Å². The summed E-state index contributed by atoms with van der Waals surface area (Å²) in [6.45, 7) is 12.7. The first-order valence-corrected chi connectivity index (χ1v) is 7.96. The fourth-order valence-corrected chi connectivity index (χ4v) is 2.61. The summed E-state index contributed by atoms with van der Waals surface area (Å²) in [6, 6.07) is 6.60. The van der Waals surface area contributed by atoms with Crippen molar-refractivity contribution in [3.05, 3.63) is 28.2 Å². The molecule has 19 heavy (non-hydrogen) atoms. The van der Waals surface area contributed by atoms with Crippen molar-refractivity contribution in [2.24, 2.45) is 11.8 Å². The van der Waals surface area contributed by atoms with Crippen molar-refractivity contribution < 1.29 is 4.74 Å². The van der Waals surface area contributed by atoms with E-state index in [1.165, 1.54) is 5.56 Å². The van der Waals surface area contributed by atoms with E-state index in [1.807, 2.05) is 13.0 Å². The molecule has 1 aromatic carbocycles. The maximum absolute atomic E-state index is 5.79. The first kappa shape index (κ1) is 16.5. The Balaban J connectivity index is 3.15. The van der Waals surface area contributed by atoms with Crippen LogP contribution in [0.5, 0.6) is 5.75 Å². The lowest BCUT2D eigenvalue weighted by Gasteiger charge is -2.29. The fraction of sp³-hybridized carbons (Fsp3) is 0.625. The molecule has 2 nitrogen and oxygen atoms in total. The van der Waals surface area contributed by atoms with Crippen LogP contribution in [0.15, 0.2) is 22.7 Å². The third-order valence-corrected chi connectivity index (χ3v) is 4.10. The molecule has 0 amide bonds. The summed E-state index contributed by atoms with van der Waals surface area (Å²) < 4.78 is 6.89. The SMILES string of the molecule is CCNC(c1cc(Br)ccc1OCC)C(C)C(C)C. The molecule has 0 radical (unpaired) electrons. The van der Waals surface area contributed by atoms with Crippen LogP contribution in [-0.4, -0.2) is 13.2 Å². The summed E-state index contributed by atoms with van der Waals surface area (Å²) in [4.78, 5) is 0. The average Bonchev–Trinajstić information content (AvgIpc) is 2.37. The van der Waals surface area contributed by atoms with Crippen LogP contribution in [0.25, 0.3) is 0 Å². The van der Waals surface area contributed by atoms with E-state index in [2.05, 4.69) is 61.1 Å². The maximum atomic E-state index is 5.79. The van der Waals surface area contributed by atoms with Crippen molar-refractivity contribution in [1.82, 2.24) is 5.32 Å². The van der Waals surface area contributed by atoms with E-state index in [0.717, 1.165) is 16.8 Å². The normalized spacial score (nSPS) is 14.5. The Kier molecular flexibility index (Phi) is 6.87. The monoisotopic (exact) mass is 327 g/mol. The number of hydrogen-bond donors (Lipinski definition) is 1. The van der Waals surface area contributed by atoms with E-state index in [4.69, 9.17) is 4.74 Å². The van der Waals surface area contributed by atoms with E-state index < -0.39 is 0 Å². The Bertz CT molecular complexity index is 392. The molecule has 1 N–H and O–H groups in total. The molecule has 108 valence electrons. The summed E-state index contributed by atoms with van der Waals surface area (Å²) in [5.74, 6) is 2.16. The Morgan fingerprint density at radius 1 is 1.21 bits per heavy atom. The van der Waals surface area contributed by atoms with Gasteiger partial charge in [0.15, 0.2) is 0 Å². The van der Waals surface area contributed by atoms with Crippen molar-refractivity contribution in [3.63, 3.8) is 0 Å². The van der Waals surface area contributed by atoms with Crippen molar-refractivity contribution >= 4 is 15.9 Å². The standard InChI is InChI=1S/C16H26BrNO/c1-6-18-16(12(5)11(3)4)14-10-13(17)8-9-15(14)19-7-2/h8-12,16,18H,6-7H2,1-5H3. The van der Waals surface area contributed by atoms with Crippen LogP contribution in [0.2, 0.25) is 0 Å². The number of rotatable bonds is 7. The highest BCUT2D eigenvalue weighted by atomic mass is 79.9. The molecule has 0 fully saturated rings. The van der Waals surface area contributed by atoms with Gasteiger partial charge < -0.3 is 10.1 Å². The van der Waals surface area contributed by atoms with Crippen molar-refractivity contribution in [3.8, 4) is 5.75 Å². The summed E-state index contributed by atoms with van der Waals surface area (Å²) in [5, 5.41) is 3.61. The van der Waals surface area contributed by atoms with Gasteiger partial charge in [0.1, 0.15) is 5.75 Å². The molecular weight excluding hydrogens is 302 g/mol. The van der Waals surface area contributed by atoms with Gasteiger partial charge in [-0.15, -0.1) is 0 Å². The molecule has 0 saturated carbocycles. The molecule has 0 aliphatic carbocycles. The third kappa shape index (κ3) is 4.50. The van der Waals surface area contributed by atoms with E-state index in [0.29, 0.717) is 24.5 Å². The van der Waals surface area contributed by atoms with Gasteiger partial charge in [-0.1, -0.05) is 43.6 Å². The van der Waals surface area contributed by atoms with Crippen LogP contribution in [0.3, 0.4) is 0 Å². The minimum absolute atomic E-state index is 0.323. The Morgan fingerprint density at radius 2 is 1.89 bits per heavy atom. The maximum Gasteiger partial charge on any atom is 0.124 e. The number of halogens is 1. The topological polar surface area (TPSA) is 21.3 Å². The molecular formula is C16H26BrNO. The highest BCUT2D eigenvalue weighted by Crippen LogP contribution is 2.35. The molecule has 0 aliphatic rings. The second-order valence-corrected chi connectivity index (χ2v) is 6.17. The first-order chi connectivity index (χ1) is 9.01. The van der Waals surface area contributed by atoms with Gasteiger partial charge in [-0.05, 0) is 43.5 Å². The van der Waals surface area contributed by atoms with Crippen LogP contribution in [0.1, 0.15) is 46.2 Å². The second kappa shape index (κ2) is 7.91. The first-order valence-electron chi connectivity index (χ1n) is 7.16. The molecule has 3 heteroatoms. The Labute approximate surface area is 126 Å². The molecule has 0 aliphatic heterocycles. The highest BCUT2D eigenvalue weighted by molar-refractivity contribution is 9.10. The van der Waals surface area contributed by atoms with E-state index in [9.17, 15) is 0 Å². The summed E-state index contributed by atoms with van der Waals surface area (Å²) in [7, 11) is 0. The van der Waals surface area contributed by atoms with Crippen molar-refractivity contribution in [1.29, 1.82) is 0 Å². The van der Waals surface area contributed by atoms with Crippen molar-refractivity contribution in [2.75, 3.05) is 13.2 Å². The minimum atomic E-state index is 0.323. The van der Waals surface area contributed by atoms with E-state index >= 15 is 0 Å². The largest absolute Gasteiger partial charge is 0.494 e.